The Morgan fingerprint density at radius 1 is 1.04 bits per heavy atom. The molecule has 3 aromatic rings. The van der Waals surface area contributed by atoms with Crippen molar-refractivity contribution in [2.24, 2.45) is 0 Å². The molecule has 0 unspecified atom stereocenters. The molecule has 0 fully saturated rings. The molecule has 0 spiro atoms. The quantitative estimate of drug-likeness (QED) is 0.695. The summed E-state index contributed by atoms with van der Waals surface area (Å²) in [6, 6.07) is 10.7. The molecule has 6 nitrogen and oxygen atoms in total. The van der Waals surface area contributed by atoms with Gasteiger partial charge in [-0.1, -0.05) is 12.1 Å². The van der Waals surface area contributed by atoms with Gasteiger partial charge in [-0.3, -0.25) is 4.79 Å². The molecule has 8 heteroatoms. The fourth-order valence-electron chi connectivity index (χ4n) is 2.25. The number of rotatable bonds is 6. The van der Waals surface area contributed by atoms with E-state index in [4.69, 9.17) is 4.74 Å². The number of amides is 1. The van der Waals surface area contributed by atoms with Crippen molar-refractivity contribution in [1.29, 1.82) is 0 Å². The molecule has 0 saturated carbocycles. The Kier molecular flexibility index (Phi) is 5.55. The zero-order chi connectivity index (χ0) is 19.2. The first-order chi connectivity index (χ1) is 13.0. The van der Waals surface area contributed by atoms with E-state index < -0.39 is 11.6 Å². The number of anilines is 2. The Balaban J connectivity index is 1.58. The first-order valence-corrected chi connectivity index (χ1v) is 8.00. The maximum Gasteiger partial charge on any atom is 0.271 e. The van der Waals surface area contributed by atoms with Gasteiger partial charge in [-0.05, 0) is 29.8 Å². The molecule has 0 saturated heterocycles. The van der Waals surface area contributed by atoms with Crippen molar-refractivity contribution in [2.75, 3.05) is 12.4 Å². The molecule has 0 aliphatic rings. The van der Waals surface area contributed by atoms with Gasteiger partial charge in [0.15, 0.2) is 11.6 Å². The van der Waals surface area contributed by atoms with Gasteiger partial charge in [0.05, 0.1) is 19.5 Å². The van der Waals surface area contributed by atoms with Crippen LogP contribution in [0.15, 0.2) is 54.9 Å². The predicted molar refractivity (Wildman–Crippen MR) is 95.8 cm³/mol. The number of ether oxygens (including phenoxy) is 1. The highest BCUT2D eigenvalue weighted by atomic mass is 19.2. The molecule has 2 N–H and O–H groups in total. The second-order valence-corrected chi connectivity index (χ2v) is 5.57. The minimum Gasteiger partial charge on any atom is -0.497 e. The zero-order valence-corrected chi connectivity index (χ0v) is 14.4. The minimum absolute atomic E-state index is 0.138. The second kappa shape index (κ2) is 8.22. The topological polar surface area (TPSA) is 76.1 Å². The van der Waals surface area contributed by atoms with Crippen LogP contribution < -0.4 is 15.4 Å². The zero-order valence-electron chi connectivity index (χ0n) is 14.4. The standard InChI is InChI=1S/C19H16F2N4O2/c1-27-14-5-2-12(3-6-14)9-24-19(26)17-10-23-18(11-22-17)25-13-4-7-15(20)16(21)8-13/h2-8,10-11H,9H2,1H3,(H,23,25)(H,24,26). The van der Waals surface area contributed by atoms with Crippen LogP contribution in [0.1, 0.15) is 16.1 Å². The van der Waals surface area contributed by atoms with Gasteiger partial charge in [0.1, 0.15) is 17.3 Å². The van der Waals surface area contributed by atoms with Crippen molar-refractivity contribution >= 4 is 17.4 Å². The van der Waals surface area contributed by atoms with Crippen molar-refractivity contribution in [2.45, 2.75) is 6.54 Å². The first kappa shape index (κ1) is 18.2. The van der Waals surface area contributed by atoms with E-state index in [9.17, 15) is 13.6 Å². The third-order valence-electron chi connectivity index (χ3n) is 3.69. The monoisotopic (exact) mass is 370 g/mol. The summed E-state index contributed by atoms with van der Waals surface area (Å²) < 4.78 is 31.2. The van der Waals surface area contributed by atoms with E-state index in [1.807, 2.05) is 12.1 Å². The Morgan fingerprint density at radius 2 is 1.81 bits per heavy atom. The lowest BCUT2D eigenvalue weighted by atomic mass is 10.2. The lowest BCUT2D eigenvalue weighted by molar-refractivity contribution is 0.0945. The second-order valence-electron chi connectivity index (χ2n) is 5.57. The number of nitrogens with zero attached hydrogens (tertiary/aromatic N) is 2. The molecule has 0 bridgehead atoms. The number of methoxy groups -OCH3 is 1. The number of hydrogen-bond donors (Lipinski definition) is 2. The van der Waals surface area contributed by atoms with Crippen LogP contribution in [0.4, 0.5) is 20.3 Å². The highest BCUT2D eigenvalue weighted by Crippen LogP contribution is 2.17. The van der Waals surface area contributed by atoms with Crippen LogP contribution in [-0.2, 0) is 6.54 Å². The van der Waals surface area contributed by atoms with Gasteiger partial charge in [-0.25, -0.2) is 18.7 Å². The molecule has 0 radical (unpaired) electrons. The van der Waals surface area contributed by atoms with Crippen LogP contribution in [0.2, 0.25) is 0 Å². The molecule has 0 aliphatic heterocycles. The van der Waals surface area contributed by atoms with Crippen LogP contribution >= 0.6 is 0 Å². The van der Waals surface area contributed by atoms with E-state index in [0.29, 0.717) is 18.1 Å². The number of hydrogen-bond acceptors (Lipinski definition) is 5. The van der Waals surface area contributed by atoms with E-state index >= 15 is 0 Å². The third kappa shape index (κ3) is 4.75. The van der Waals surface area contributed by atoms with Crippen molar-refractivity contribution < 1.29 is 18.3 Å². The van der Waals surface area contributed by atoms with Gasteiger partial charge in [-0.2, -0.15) is 0 Å². The van der Waals surface area contributed by atoms with Crippen molar-refractivity contribution in [1.82, 2.24) is 15.3 Å². The van der Waals surface area contributed by atoms with Crippen molar-refractivity contribution in [3.8, 4) is 5.75 Å². The Bertz CT molecular complexity index is 931. The Labute approximate surface area is 154 Å². The summed E-state index contributed by atoms with van der Waals surface area (Å²) in [5, 5.41) is 5.52. The summed E-state index contributed by atoms with van der Waals surface area (Å²) in [7, 11) is 1.58. The van der Waals surface area contributed by atoms with Gasteiger partial charge in [-0.15, -0.1) is 0 Å². The summed E-state index contributed by atoms with van der Waals surface area (Å²) in [4.78, 5) is 20.2. The molecule has 1 aromatic heterocycles. The molecule has 1 heterocycles. The van der Waals surface area contributed by atoms with Gasteiger partial charge in [0.25, 0.3) is 5.91 Å². The summed E-state index contributed by atoms with van der Waals surface area (Å²) >= 11 is 0. The molecule has 1 amide bonds. The number of carbonyl (C=O) groups excluding carboxylic acids is 1. The van der Waals surface area contributed by atoms with Crippen LogP contribution in [0.5, 0.6) is 5.75 Å². The van der Waals surface area contributed by atoms with Crippen LogP contribution in [0, 0.1) is 11.6 Å². The van der Waals surface area contributed by atoms with E-state index in [1.54, 1.807) is 19.2 Å². The van der Waals surface area contributed by atoms with Crippen molar-refractivity contribution in [3.05, 3.63) is 77.8 Å². The highest BCUT2D eigenvalue weighted by Gasteiger charge is 2.09. The summed E-state index contributed by atoms with van der Waals surface area (Å²) in [5.41, 5.74) is 1.37. The maximum absolute atomic E-state index is 13.2. The van der Waals surface area contributed by atoms with Crippen LogP contribution in [-0.4, -0.2) is 23.0 Å². The summed E-state index contributed by atoms with van der Waals surface area (Å²) in [5.74, 6) is -1.25. The molecule has 3 rings (SSSR count). The van der Waals surface area contributed by atoms with Crippen molar-refractivity contribution in [3.63, 3.8) is 0 Å². The molecule has 0 atom stereocenters. The maximum atomic E-state index is 13.2. The fraction of sp³-hybridized carbons (Fsp3) is 0.105. The Morgan fingerprint density at radius 3 is 2.44 bits per heavy atom. The van der Waals surface area contributed by atoms with E-state index in [1.165, 1.54) is 18.5 Å². The average Bonchev–Trinajstić information content (AvgIpc) is 2.70. The molecule has 2 aromatic carbocycles. The molecular weight excluding hydrogens is 354 g/mol. The lowest BCUT2D eigenvalue weighted by Crippen LogP contribution is -2.24. The molecule has 0 aliphatic carbocycles. The van der Waals surface area contributed by atoms with Gasteiger partial charge in [0.2, 0.25) is 0 Å². The smallest absolute Gasteiger partial charge is 0.271 e. The third-order valence-corrected chi connectivity index (χ3v) is 3.69. The first-order valence-electron chi connectivity index (χ1n) is 8.00. The lowest BCUT2D eigenvalue weighted by Gasteiger charge is -2.08. The van der Waals surface area contributed by atoms with E-state index in [2.05, 4.69) is 20.6 Å². The number of aromatic nitrogens is 2. The minimum atomic E-state index is -0.970. The predicted octanol–water partition coefficient (Wildman–Crippen LogP) is 3.44. The SMILES string of the molecule is COc1ccc(CNC(=O)c2cnc(Nc3ccc(F)c(F)c3)cn2)cc1. The molecule has 27 heavy (non-hydrogen) atoms. The Hall–Kier alpha value is -3.55. The number of nitrogens with one attached hydrogen (secondary N) is 2. The van der Waals surface area contributed by atoms with E-state index in [0.717, 1.165) is 23.4 Å². The molecule has 138 valence electrons. The van der Waals surface area contributed by atoms with Gasteiger partial charge < -0.3 is 15.4 Å². The number of benzene rings is 2. The van der Waals surface area contributed by atoms with Gasteiger partial charge in [0, 0.05) is 18.3 Å². The number of halogens is 2. The summed E-state index contributed by atoms with van der Waals surface area (Å²) in [6.45, 7) is 0.333. The van der Waals surface area contributed by atoms with Crippen LogP contribution in [0.25, 0.3) is 0 Å². The largest absolute Gasteiger partial charge is 0.497 e. The fourth-order valence-corrected chi connectivity index (χ4v) is 2.25. The van der Waals surface area contributed by atoms with E-state index in [-0.39, 0.29) is 11.6 Å². The number of carbonyl (C=O) groups is 1. The average molecular weight is 370 g/mol. The highest BCUT2D eigenvalue weighted by molar-refractivity contribution is 5.92. The molecular formula is C19H16F2N4O2. The van der Waals surface area contributed by atoms with Crippen LogP contribution in [0.3, 0.4) is 0 Å². The summed E-state index contributed by atoms with van der Waals surface area (Å²) in [6.07, 6.45) is 2.63. The van der Waals surface area contributed by atoms with Gasteiger partial charge >= 0.3 is 0 Å². The normalized spacial score (nSPS) is 10.3.